The van der Waals surface area contributed by atoms with Gasteiger partial charge in [-0.1, -0.05) is 145 Å². The number of rotatable bonds is 27. The summed E-state index contributed by atoms with van der Waals surface area (Å²) in [5.41, 5.74) is 6.04. The first-order valence-corrected chi connectivity index (χ1v) is 21.4. The van der Waals surface area contributed by atoms with Crippen LogP contribution in [0.5, 0.6) is 11.5 Å². The number of aliphatic carboxylic acids is 2. The summed E-state index contributed by atoms with van der Waals surface area (Å²) in [7, 11) is 0. The van der Waals surface area contributed by atoms with Crippen LogP contribution in [-0.4, -0.2) is 78.8 Å². The molecule has 0 radical (unpaired) electrons. The molecular weight excluding hydrogens is 801 g/mol. The minimum atomic E-state index is -0.966. The number of unbranched alkanes of at least 4 members (excludes halogenated alkanes) is 3. The maximum absolute atomic E-state index is 11.3. The van der Waals surface area contributed by atoms with E-state index >= 15 is 0 Å². The Morgan fingerprint density at radius 3 is 1.35 bits per heavy atom. The van der Waals surface area contributed by atoms with E-state index in [1.807, 2.05) is 140 Å². The molecule has 0 aromatic heterocycles. The van der Waals surface area contributed by atoms with Gasteiger partial charge in [0.2, 0.25) is 0 Å². The largest absolute Gasteiger partial charge is 0.487 e. The first kappa shape index (κ1) is 49.2. The van der Waals surface area contributed by atoms with Crippen LogP contribution in [-0.2, 0) is 48.2 Å². The molecule has 2 atom stereocenters. The molecule has 2 unspecified atom stereocenters. The number of carboxylic acid groups (broad SMARTS) is 2. The second-order valence-corrected chi connectivity index (χ2v) is 14.3. The Balaban J connectivity index is 0.000000277. The fourth-order valence-electron chi connectivity index (χ4n) is 6.07. The van der Waals surface area contributed by atoms with E-state index in [-0.39, 0.29) is 13.2 Å². The Hall–Kier alpha value is -6.50. The molecule has 0 bridgehead atoms. The molecule has 12 heteroatoms. The fourth-order valence-corrected chi connectivity index (χ4v) is 6.07. The van der Waals surface area contributed by atoms with Gasteiger partial charge in [0.15, 0.2) is 12.2 Å². The standard InChI is InChI=1S/C26H27NO5.C25H33NO5/c1-2-30-25(26(28)29)17-20-13-15-23(16-14-20)31-19-24(22-11-7-4-8-12-22)27-32-18-21-9-5-3-6-10-21;1-3-5-6-10-17-31-26-23(21-11-8-7-9-12-21)19-30-22-15-13-20(14-16-22)18-24(25(27)28)29-4-2/h3-16,25H,2,17-19H2,1H3,(H,28,29);7-9,11-16,24H,3-6,10,17-19H2,1-2H3,(H,27,28)/b27-24+;26-23+. The molecule has 5 aromatic carbocycles. The third-order valence-corrected chi connectivity index (χ3v) is 9.45. The highest BCUT2D eigenvalue weighted by molar-refractivity contribution is 6.01. The van der Waals surface area contributed by atoms with Gasteiger partial charge in [0, 0.05) is 37.2 Å². The van der Waals surface area contributed by atoms with Crippen LogP contribution in [0.25, 0.3) is 0 Å². The number of hydrogen-bond donors (Lipinski definition) is 2. The number of carbonyl (C=O) groups is 2. The zero-order chi connectivity index (χ0) is 44.9. The fraction of sp³-hybridized carbons (Fsp3) is 0.333. The average Bonchev–Trinajstić information content (AvgIpc) is 3.31. The topological polar surface area (TPSA) is 155 Å². The summed E-state index contributed by atoms with van der Waals surface area (Å²) in [6.45, 7) is 7.93. The normalized spacial score (nSPS) is 12.3. The highest BCUT2D eigenvalue weighted by Gasteiger charge is 2.19. The molecular formula is C51H60N2O10. The SMILES string of the molecule is CCCCCCO/N=C(\COc1ccc(CC(OCC)C(=O)O)cc1)c1ccccc1.CCOC(Cc1ccc(OC/C(=N\OCc2ccccc2)c2ccccc2)cc1)C(=O)O. The third kappa shape index (κ3) is 19.0. The van der Waals surface area contributed by atoms with Crippen LogP contribution in [0.3, 0.4) is 0 Å². The van der Waals surface area contributed by atoms with Crippen molar-refractivity contribution in [3.05, 3.63) is 167 Å². The maximum atomic E-state index is 11.3. The molecule has 334 valence electrons. The molecule has 0 spiro atoms. The quantitative estimate of drug-likeness (QED) is 0.0296. The summed E-state index contributed by atoms with van der Waals surface area (Å²) in [6, 6.07) is 44.1. The summed E-state index contributed by atoms with van der Waals surface area (Å²) >= 11 is 0. The summed E-state index contributed by atoms with van der Waals surface area (Å²) < 4.78 is 22.4. The monoisotopic (exact) mass is 860 g/mol. The summed E-state index contributed by atoms with van der Waals surface area (Å²) in [5, 5.41) is 27.1. The van der Waals surface area contributed by atoms with Crippen molar-refractivity contribution < 1.29 is 48.4 Å². The molecule has 0 saturated heterocycles. The lowest BCUT2D eigenvalue weighted by Gasteiger charge is -2.13. The van der Waals surface area contributed by atoms with E-state index in [1.54, 1.807) is 13.8 Å². The average molecular weight is 861 g/mol. The summed E-state index contributed by atoms with van der Waals surface area (Å²) in [6.07, 6.45) is 3.43. The van der Waals surface area contributed by atoms with Crippen LogP contribution in [0.1, 0.15) is 74.3 Å². The van der Waals surface area contributed by atoms with Crippen molar-refractivity contribution in [2.75, 3.05) is 33.0 Å². The molecule has 0 aliphatic rings. The van der Waals surface area contributed by atoms with Crippen LogP contribution in [0.15, 0.2) is 150 Å². The van der Waals surface area contributed by atoms with Crippen LogP contribution in [0, 0.1) is 0 Å². The van der Waals surface area contributed by atoms with E-state index in [0.29, 0.717) is 56.5 Å². The Morgan fingerprint density at radius 2 is 0.937 bits per heavy atom. The van der Waals surface area contributed by atoms with Gasteiger partial charge in [-0.15, -0.1) is 0 Å². The molecule has 12 nitrogen and oxygen atoms in total. The molecule has 2 N–H and O–H groups in total. The molecule has 5 aromatic rings. The van der Waals surface area contributed by atoms with E-state index in [0.717, 1.165) is 46.4 Å². The van der Waals surface area contributed by atoms with Crippen molar-refractivity contribution >= 4 is 23.4 Å². The van der Waals surface area contributed by atoms with Gasteiger partial charge in [0.25, 0.3) is 0 Å². The second kappa shape index (κ2) is 28.9. The Labute approximate surface area is 371 Å². The van der Waals surface area contributed by atoms with Gasteiger partial charge in [-0.3, -0.25) is 0 Å². The number of hydrogen-bond acceptors (Lipinski definition) is 10. The van der Waals surface area contributed by atoms with Gasteiger partial charge in [0.05, 0.1) is 0 Å². The number of carboxylic acids is 2. The predicted molar refractivity (Wildman–Crippen MR) is 245 cm³/mol. The van der Waals surface area contributed by atoms with Crippen molar-refractivity contribution in [2.24, 2.45) is 10.3 Å². The van der Waals surface area contributed by atoms with E-state index in [1.165, 1.54) is 12.8 Å². The zero-order valence-corrected chi connectivity index (χ0v) is 36.5. The van der Waals surface area contributed by atoms with Gasteiger partial charge in [0.1, 0.15) is 49.3 Å². The second-order valence-electron chi connectivity index (χ2n) is 14.3. The van der Waals surface area contributed by atoms with Crippen LogP contribution < -0.4 is 9.47 Å². The first-order chi connectivity index (χ1) is 30.8. The smallest absolute Gasteiger partial charge is 0.333 e. The Morgan fingerprint density at radius 1 is 0.508 bits per heavy atom. The minimum absolute atomic E-state index is 0.231. The first-order valence-electron chi connectivity index (χ1n) is 21.4. The van der Waals surface area contributed by atoms with Crippen LogP contribution in [0.2, 0.25) is 0 Å². The number of benzene rings is 5. The molecule has 63 heavy (non-hydrogen) atoms. The van der Waals surface area contributed by atoms with E-state index in [2.05, 4.69) is 17.2 Å². The number of oxime groups is 2. The molecule has 0 amide bonds. The summed E-state index contributed by atoms with van der Waals surface area (Å²) in [5.74, 6) is -0.589. The van der Waals surface area contributed by atoms with Crippen molar-refractivity contribution in [1.29, 1.82) is 0 Å². The van der Waals surface area contributed by atoms with E-state index < -0.39 is 24.1 Å². The predicted octanol–water partition coefficient (Wildman–Crippen LogP) is 9.82. The van der Waals surface area contributed by atoms with Crippen molar-refractivity contribution in [1.82, 2.24) is 0 Å². The maximum Gasteiger partial charge on any atom is 0.333 e. The lowest BCUT2D eigenvalue weighted by molar-refractivity contribution is -0.150. The highest BCUT2D eigenvalue weighted by atomic mass is 16.6. The number of nitrogens with zero attached hydrogens (tertiary/aromatic N) is 2. The zero-order valence-electron chi connectivity index (χ0n) is 36.5. The van der Waals surface area contributed by atoms with Gasteiger partial charge in [-0.25, -0.2) is 9.59 Å². The third-order valence-electron chi connectivity index (χ3n) is 9.45. The minimum Gasteiger partial charge on any atom is -0.487 e. The Kier molecular flexibility index (Phi) is 22.6. The molecule has 0 aliphatic carbocycles. The molecule has 0 saturated carbocycles. The number of ether oxygens (including phenoxy) is 4. The Bertz CT molecular complexity index is 2080. The molecule has 5 rings (SSSR count). The van der Waals surface area contributed by atoms with Crippen molar-refractivity contribution in [3.8, 4) is 11.5 Å². The van der Waals surface area contributed by atoms with Gasteiger partial charge >= 0.3 is 11.9 Å². The van der Waals surface area contributed by atoms with E-state index in [4.69, 9.17) is 28.6 Å². The van der Waals surface area contributed by atoms with E-state index in [9.17, 15) is 19.8 Å². The van der Waals surface area contributed by atoms with Gasteiger partial charge < -0.3 is 38.8 Å². The molecule has 0 heterocycles. The summed E-state index contributed by atoms with van der Waals surface area (Å²) in [4.78, 5) is 33.6. The molecule has 0 aliphatic heterocycles. The lowest BCUT2D eigenvalue weighted by atomic mass is 10.1. The van der Waals surface area contributed by atoms with Gasteiger partial charge in [-0.2, -0.15) is 0 Å². The molecule has 0 fully saturated rings. The lowest BCUT2D eigenvalue weighted by Crippen LogP contribution is -2.26. The van der Waals surface area contributed by atoms with Crippen LogP contribution >= 0.6 is 0 Å². The van der Waals surface area contributed by atoms with Crippen molar-refractivity contribution in [3.63, 3.8) is 0 Å². The highest BCUT2D eigenvalue weighted by Crippen LogP contribution is 2.18. The van der Waals surface area contributed by atoms with Crippen LogP contribution in [0.4, 0.5) is 0 Å². The van der Waals surface area contributed by atoms with Crippen molar-refractivity contribution in [2.45, 2.75) is 78.1 Å². The van der Waals surface area contributed by atoms with Gasteiger partial charge in [-0.05, 0) is 67.6 Å².